The summed E-state index contributed by atoms with van der Waals surface area (Å²) >= 11 is 0. The Morgan fingerprint density at radius 1 is 1.10 bits per heavy atom. The molecule has 108 valence electrons. The van der Waals surface area contributed by atoms with Gasteiger partial charge >= 0.3 is 0 Å². The highest BCUT2D eigenvalue weighted by atomic mass is 16.3. The predicted octanol–water partition coefficient (Wildman–Crippen LogP) is 2.00. The molecule has 0 spiro atoms. The van der Waals surface area contributed by atoms with E-state index in [0.29, 0.717) is 5.69 Å². The fraction of sp³-hybridized carbons (Fsp3) is 0.188. The van der Waals surface area contributed by atoms with E-state index in [1.54, 1.807) is 0 Å². The van der Waals surface area contributed by atoms with Gasteiger partial charge in [0, 0.05) is 18.3 Å². The second-order valence-electron chi connectivity index (χ2n) is 5.07. The van der Waals surface area contributed by atoms with Gasteiger partial charge in [-0.2, -0.15) is 0 Å². The highest BCUT2D eigenvalue weighted by molar-refractivity contribution is 6.06. The molecule has 1 amide bonds. The van der Waals surface area contributed by atoms with Gasteiger partial charge in [0.15, 0.2) is 0 Å². The molecule has 2 aromatic carbocycles. The van der Waals surface area contributed by atoms with Crippen molar-refractivity contribution in [2.24, 2.45) is 0 Å². The zero-order valence-electron chi connectivity index (χ0n) is 11.4. The van der Waals surface area contributed by atoms with Gasteiger partial charge in [-0.1, -0.05) is 6.07 Å². The molecule has 3 rings (SSSR count). The second kappa shape index (κ2) is 5.46. The van der Waals surface area contributed by atoms with Crippen molar-refractivity contribution in [1.29, 1.82) is 0 Å². The molecule has 0 aromatic heterocycles. The number of fused-ring (bicyclic) bond motifs is 1. The quantitative estimate of drug-likeness (QED) is 0.680. The minimum atomic E-state index is -0.406. The third-order valence-electron chi connectivity index (χ3n) is 3.58. The number of carbonyl (C=O) groups excluding carboxylic acids is 1. The average molecular weight is 284 g/mol. The Hall–Kier alpha value is -2.53. The maximum Gasteiger partial charge on any atom is 0.259 e. The fourth-order valence-electron chi connectivity index (χ4n) is 2.47. The maximum atomic E-state index is 12.1. The van der Waals surface area contributed by atoms with Crippen LogP contribution in [0.25, 0.3) is 0 Å². The number of nitrogens with one attached hydrogen (secondary N) is 2. The number of phenols is 2. The summed E-state index contributed by atoms with van der Waals surface area (Å²) in [5.74, 6) is -0.729. The van der Waals surface area contributed by atoms with Crippen LogP contribution in [0.2, 0.25) is 0 Å². The molecule has 4 N–H and O–H groups in total. The van der Waals surface area contributed by atoms with Gasteiger partial charge in [0.1, 0.15) is 11.5 Å². The van der Waals surface area contributed by atoms with Gasteiger partial charge in [0.2, 0.25) is 0 Å². The number of anilines is 1. The maximum absolute atomic E-state index is 12.1. The Morgan fingerprint density at radius 3 is 2.76 bits per heavy atom. The number of benzene rings is 2. The first kappa shape index (κ1) is 13.5. The van der Waals surface area contributed by atoms with Crippen LogP contribution in [-0.4, -0.2) is 22.7 Å². The van der Waals surface area contributed by atoms with Crippen LogP contribution in [0.5, 0.6) is 11.5 Å². The van der Waals surface area contributed by atoms with Crippen LogP contribution in [0.15, 0.2) is 36.4 Å². The molecule has 1 aliphatic heterocycles. The average Bonchev–Trinajstić information content (AvgIpc) is 2.47. The minimum absolute atomic E-state index is 0.0797. The van der Waals surface area contributed by atoms with E-state index in [1.165, 1.54) is 23.3 Å². The first-order chi connectivity index (χ1) is 10.1. The number of aromatic hydroxyl groups is 2. The molecule has 0 atom stereocenters. The van der Waals surface area contributed by atoms with Crippen molar-refractivity contribution in [3.05, 3.63) is 53.1 Å². The zero-order valence-corrected chi connectivity index (χ0v) is 11.4. The van der Waals surface area contributed by atoms with E-state index in [0.717, 1.165) is 25.6 Å². The molecule has 0 saturated carbocycles. The van der Waals surface area contributed by atoms with Crippen molar-refractivity contribution >= 4 is 11.6 Å². The van der Waals surface area contributed by atoms with Crippen molar-refractivity contribution in [2.45, 2.75) is 13.0 Å². The van der Waals surface area contributed by atoms with Crippen LogP contribution in [-0.2, 0) is 13.0 Å². The summed E-state index contributed by atoms with van der Waals surface area (Å²) in [7, 11) is 0. The van der Waals surface area contributed by atoms with E-state index in [-0.39, 0.29) is 17.1 Å². The highest BCUT2D eigenvalue weighted by Gasteiger charge is 2.14. The molecule has 0 bridgehead atoms. The largest absolute Gasteiger partial charge is 0.508 e. The van der Waals surface area contributed by atoms with Crippen LogP contribution in [0.4, 0.5) is 5.69 Å². The molecule has 0 fully saturated rings. The van der Waals surface area contributed by atoms with Crippen LogP contribution in [0.3, 0.4) is 0 Å². The van der Waals surface area contributed by atoms with Gasteiger partial charge in [-0.3, -0.25) is 4.79 Å². The van der Waals surface area contributed by atoms with Gasteiger partial charge in [-0.15, -0.1) is 0 Å². The van der Waals surface area contributed by atoms with Gasteiger partial charge < -0.3 is 20.8 Å². The zero-order chi connectivity index (χ0) is 14.8. The van der Waals surface area contributed by atoms with Crippen molar-refractivity contribution < 1.29 is 15.0 Å². The number of hydrogen-bond acceptors (Lipinski definition) is 4. The molecular weight excluding hydrogens is 268 g/mol. The smallest absolute Gasteiger partial charge is 0.259 e. The molecular formula is C16H16N2O3. The summed E-state index contributed by atoms with van der Waals surface area (Å²) in [5, 5.41) is 25.0. The lowest BCUT2D eigenvalue weighted by atomic mass is 10.0. The van der Waals surface area contributed by atoms with Gasteiger partial charge in [0.25, 0.3) is 5.91 Å². The molecule has 1 aliphatic rings. The number of carbonyl (C=O) groups is 1. The summed E-state index contributed by atoms with van der Waals surface area (Å²) in [6.45, 7) is 1.77. The minimum Gasteiger partial charge on any atom is -0.508 e. The Kier molecular flexibility index (Phi) is 3.50. The first-order valence-corrected chi connectivity index (χ1v) is 6.79. The lowest BCUT2D eigenvalue weighted by molar-refractivity contribution is 0.102. The van der Waals surface area contributed by atoms with Crippen LogP contribution >= 0.6 is 0 Å². The number of hydrogen-bond donors (Lipinski definition) is 4. The molecule has 0 radical (unpaired) electrons. The number of phenolic OH excluding ortho intramolecular Hbond substituents is 2. The molecule has 1 heterocycles. The molecule has 5 heteroatoms. The summed E-state index contributed by atoms with van der Waals surface area (Å²) < 4.78 is 0. The Labute approximate surface area is 122 Å². The van der Waals surface area contributed by atoms with Crippen LogP contribution < -0.4 is 10.6 Å². The van der Waals surface area contributed by atoms with E-state index >= 15 is 0 Å². The fourth-order valence-corrected chi connectivity index (χ4v) is 2.47. The number of rotatable bonds is 2. The standard InChI is InChI=1S/C16H16N2O3/c19-13-3-4-14(15(20)8-13)16(21)18-12-2-1-10-5-6-17-9-11(10)7-12/h1-4,7-8,17,19-20H,5-6,9H2,(H,18,21). The molecule has 0 saturated heterocycles. The predicted molar refractivity (Wildman–Crippen MR) is 79.6 cm³/mol. The SMILES string of the molecule is O=C(Nc1ccc2c(c1)CNCC2)c1ccc(O)cc1O. The summed E-state index contributed by atoms with van der Waals surface area (Å²) in [6, 6.07) is 9.72. The van der Waals surface area contributed by atoms with E-state index < -0.39 is 5.91 Å². The van der Waals surface area contributed by atoms with Crippen molar-refractivity contribution in [3.8, 4) is 11.5 Å². The lowest BCUT2D eigenvalue weighted by Gasteiger charge is -2.18. The van der Waals surface area contributed by atoms with Crippen molar-refractivity contribution in [2.75, 3.05) is 11.9 Å². The van der Waals surface area contributed by atoms with E-state index in [9.17, 15) is 15.0 Å². The molecule has 0 aliphatic carbocycles. The van der Waals surface area contributed by atoms with Gasteiger partial charge in [0.05, 0.1) is 5.56 Å². The van der Waals surface area contributed by atoms with Crippen molar-refractivity contribution in [3.63, 3.8) is 0 Å². The van der Waals surface area contributed by atoms with Crippen molar-refractivity contribution in [1.82, 2.24) is 5.32 Å². The lowest BCUT2D eigenvalue weighted by Crippen LogP contribution is -2.23. The third-order valence-corrected chi connectivity index (χ3v) is 3.58. The summed E-state index contributed by atoms with van der Waals surface area (Å²) in [5.41, 5.74) is 3.28. The van der Waals surface area contributed by atoms with E-state index in [4.69, 9.17) is 0 Å². The van der Waals surface area contributed by atoms with E-state index in [2.05, 4.69) is 10.6 Å². The van der Waals surface area contributed by atoms with E-state index in [1.807, 2.05) is 18.2 Å². The van der Waals surface area contributed by atoms with Gasteiger partial charge in [-0.05, 0) is 48.4 Å². The topological polar surface area (TPSA) is 81.6 Å². The first-order valence-electron chi connectivity index (χ1n) is 6.79. The Balaban J connectivity index is 1.81. The number of amides is 1. The highest BCUT2D eigenvalue weighted by Crippen LogP contribution is 2.24. The third kappa shape index (κ3) is 2.83. The van der Waals surface area contributed by atoms with Crippen LogP contribution in [0, 0.1) is 0 Å². The second-order valence-corrected chi connectivity index (χ2v) is 5.07. The Bertz CT molecular complexity index is 698. The molecule has 0 unspecified atom stereocenters. The molecule has 5 nitrogen and oxygen atoms in total. The Morgan fingerprint density at radius 2 is 1.95 bits per heavy atom. The summed E-state index contributed by atoms with van der Waals surface area (Å²) in [4.78, 5) is 12.1. The normalized spacial score (nSPS) is 13.5. The molecule has 2 aromatic rings. The summed E-state index contributed by atoms with van der Waals surface area (Å²) in [6.07, 6.45) is 0.988. The van der Waals surface area contributed by atoms with Gasteiger partial charge in [-0.25, -0.2) is 0 Å². The van der Waals surface area contributed by atoms with Crippen LogP contribution in [0.1, 0.15) is 21.5 Å². The molecule has 21 heavy (non-hydrogen) atoms. The monoisotopic (exact) mass is 284 g/mol.